The molecule has 4 N–H and O–H groups in total. The third-order valence-electron chi connectivity index (χ3n) is 2.30. The van der Waals surface area contributed by atoms with Gasteiger partial charge in [-0.1, -0.05) is 0 Å². The highest BCUT2D eigenvalue weighted by Gasteiger charge is 2.19. The lowest BCUT2D eigenvalue weighted by atomic mass is 10.1. The van der Waals surface area contributed by atoms with E-state index in [9.17, 15) is 9.59 Å². The molecule has 6 nitrogen and oxygen atoms in total. The standard InChI is InChI=1S/C11H15N3O3/c1-7(8-2-4-13-5-3-8)14-11(17)9(12)6-10(15)16/h2-5,7,9H,6,12H2,1H3,(H,14,17)(H,15,16). The molecular weight excluding hydrogens is 222 g/mol. The van der Waals surface area contributed by atoms with Crippen LogP contribution in [0, 0.1) is 0 Å². The monoisotopic (exact) mass is 237 g/mol. The van der Waals surface area contributed by atoms with Crippen LogP contribution in [0.15, 0.2) is 24.5 Å². The summed E-state index contributed by atoms with van der Waals surface area (Å²) in [6, 6.07) is 2.28. The molecule has 0 saturated carbocycles. The van der Waals surface area contributed by atoms with Gasteiger partial charge in [-0.25, -0.2) is 0 Å². The van der Waals surface area contributed by atoms with E-state index >= 15 is 0 Å². The number of aliphatic carboxylic acids is 1. The number of carboxylic acid groups (broad SMARTS) is 1. The van der Waals surface area contributed by atoms with Crippen molar-refractivity contribution in [1.82, 2.24) is 10.3 Å². The van der Waals surface area contributed by atoms with Crippen molar-refractivity contribution in [2.45, 2.75) is 25.4 Å². The highest BCUT2D eigenvalue weighted by atomic mass is 16.4. The smallest absolute Gasteiger partial charge is 0.305 e. The Morgan fingerprint density at radius 3 is 2.59 bits per heavy atom. The topological polar surface area (TPSA) is 105 Å². The molecule has 1 rings (SSSR count). The number of hydrogen-bond donors (Lipinski definition) is 3. The average molecular weight is 237 g/mol. The van der Waals surface area contributed by atoms with E-state index in [-0.39, 0.29) is 12.5 Å². The van der Waals surface area contributed by atoms with E-state index in [1.807, 2.05) is 0 Å². The van der Waals surface area contributed by atoms with Crippen molar-refractivity contribution in [1.29, 1.82) is 0 Å². The molecule has 92 valence electrons. The van der Waals surface area contributed by atoms with Crippen LogP contribution in [0.4, 0.5) is 0 Å². The van der Waals surface area contributed by atoms with Gasteiger partial charge < -0.3 is 16.2 Å². The minimum absolute atomic E-state index is 0.231. The molecule has 0 saturated heterocycles. The van der Waals surface area contributed by atoms with Gasteiger partial charge >= 0.3 is 5.97 Å². The number of carbonyl (C=O) groups is 2. The molecule has 1 aromatic heterocycles. The van der Waals surface area contributed by atoms with Crippen molar-refractivity contribution in [3.63, 3.8) is 0 Å². The first-order chi connectivity index (χ1) is 8.00. The molecule has 0 aliphatic rings. The van der Waals surface area contributed by atoms with Gasteiger partial charge in [0.15, 0.2) is 0 Å². The summed E-state index contributed by atoms with van der Waals surface area (Å²) >= 11 is 0. The quantitative estimate of drug-likeness (QED) is 0.671. The SMILES string of the molecule is CC(NC(=O)C(N)CC(=O)O)c1ccncc1. The summed E-state index contributed by atoms with van der Waals surface area (Å²) < 4.78 is 0. The third kappa shape index (κ3) is 4.20. The molecule has 17 heavy (non-hydrogen) atoms. The molecule has 0 aromatic carbocycles. The summed E-state index contributed by atoms with van der Waals surface area (Å²) in [5.74, 6) is -1.57. The Labute approximate surface area is 98.8 Å². The zero-order valence-electron chi connectivity index (χ0n) is 9.46. The number of pyridine rings is 1. The second-order valence-corrected chi connectivity index (χ2v) is 3.72. The summed E-state index contributed by atoms with van der Waals surface area (Å²) in [6.07, 6.45) is 2.86. The van der Waals surface area contributed by atoms with Crippen molar-refractivity contribution in [2.24, 2.45) is 5.73 Å². The molecule has 0 spiro atoms. The molecular formula is C11H15N3O3. The number of carboxylic acids is 1. The van der Waals surface area contributed by atoms with Crippen LogP contribution >= 0.6 is 0 Å². The molecule has 0 fully saturated rings. The Hall–Kier alpha value is -1.95. The van der Waals surface area contributed by atoms with Crippen molar-refractivity contribution in [2.75, 3.05) is 0 Å². The molecule has 0 aliphatic carbocycles. The van der Waals surface area contributed by atoms with Gasteiger partial charge in [0, 0.05) is 12.4 Å². The van der Waals surface area contributed by atoms with Crippen molar-refractivity contribution in [3.05, 3.63) is 30.1 Å². The zero-order valence-corrected chi connectivity index (χ0v) is 9.46. The van der Waals surface area contributed by atoms with Gasteiger partial charge in [0.05, 0.1) is 18.5 Å². The van der Waals surface area contributed by atoms with Gasteiger partial charge in [-0.15, -0.1) is 0 Å². The fourth-order valence-electron chi connectivity index (χ4n) is 1.34. The molecule has 1 heterocycles. The summed E-state index contributed by atoms with van der Waals surface area (Å²) in [5, 5.41) is 11.2. The van der Waals surface area contributed by atoms with Gasteiger partial charge in [0.25, 0.3) is 0 Å². The number of carbonyl (C=O) groups excluding carboxylic acids is 1. The Morgan fingerprint density at radius 1 is 1.47 bits per heavy atom. The van der Waals surface area contributed by atoms with Crippen LogP contribution in [0.2, 0.25) is 0 Å². The normalized spacial score (nSPS) is 13.8. The predicted molar refractivity (Wildman–Crippen MR) is 61.0 cm³/mol. The van der Waals surface area contributed by atoms with Crippen LogP contribution in [0.25, 0.3) is 0 Å². The van der Waals surface area contributed by atoms with E-state index in [1.165, 1.54) is 0 Å². The van der Waals surface area contributed by atoms with Crippen molar-refractivity contribution in [3.8, 4) is 0 Å². The van der Waals surface area contributed by atoms with Crippen LogP contribution in [0.3, 0.4) is 0 Å². The molecule has 1 amide bonds. The van der Waals surface area contributed by atoms with Gasteiger partial charge in [-0.3, -0.25) is 14.6 Å². The zero-order chi connectivity index (χ0) is 12.8. The predicted octanol–water partition coefficient (Wildman–Crippen LogP) is 0.0608. The largest absolute Gasteiger partial charge is 0.481 e. The summed E-state index contributed by atoms with van der Waals surface area (Å²) in [7, 11) is 0. The van der Waals surface area contributed by atoms with Gasteiger partial charge in [0.2, 0.25) is 5.91 Å². The number of amides is 1. The number of nitrogens with zero attached hydrogens (tertiary/aromatic N) is 1. The van der Waals surface area contributed by atoms with Crippen LogP contribution in [-0.4, -0.2) is 28.0 Å². The first-order valence-corrected chi connectivity index (χ1v) is 5.18. The van der Waals surface area contributed by atoms with E-state index in [1.54, 1.807) is 31.5 Å². The van der Waals surface area contributed by atoms with Crippen LogP contribution < -0.4 is 11.1 Å². The fraction of sp³-hybridized carbons (Fsp3) is 0.364. The van der Waals surface area contributed by atoms with Gasteiger partial charge in [-0.2, -0.15) is 0 Å². The van der Waals surface area contributed by atoms with Gasteiger partial charge in [0.1, 0.15) is 0 Å². The Bertz CT molecular complexity index is 394. The van der Waals surface area contributed by atoms with Crippen molar-refractivity contribution >= 4 is 11.9 Å². The van der Waals surface area contributed by atoms with E-state index in [4.69, 9.17) is 10.8 Å². The molecule has 2 unspecified atom stereocenters. The first-order valence-electron chi connectivity index (χ1n) is 5.18. The maximum absolute atomic E-state index is 11.5. The number of rotatable bonds is 5. The average Bonchev–Trinajstić information content (AvgIpc) is 2.29. The molecule has 0 bridgehead atoms. The molecule has 1 aromatic rings. The maximum atomic E-state index is 11.5. The first kappa shape index (κ1) is 13.1. The summed E-state index contributed by atoms with van der Waals surface area (Å²) in [6.45, 7) is 1.79. The van der Waals surface area contributed by atoms with Crippen molar-refractivity contribution < 1.29 is 14.7 Å². The summed E-state index contributed by atoms with van der Waals surface area (Å²) in [4.78, 5) is 25.8. The second kappa shape index (κ2) is 5.95. The molecule has 0 radical (unpaired) electrons. The Balaban J connectivity index is 2.54. The summed E-state index contributed by atoms with van der Waals surface area (Å²) in [5.41, 5.74) is 6.32. The van der Waals surface area contributed by atoms with E-state index < -0.39 is 17.9 Å². The molecule has 2 atom stereocenters. The second-order valence-electron chi connectivity index (χ2n) is 3.72. The van der Waals surface area contributed by atoms with E-state index in [0.717, 1.165) is 5.56 Å². The van der Waals surface area contributed by atoms with Crippen LogP contribution in [-0.2, 0) is 9.59 Å². The lowest BCUT2D eigenvalue weighted by Crippen LogP contribution is -2.42. The minimum atomic E-state index is -1.09. The Morgan fingerprint density at radius 2 is 2.06 bits per heavy atom. The Kier molecular flexibility index (Phi) is 4.59. The highest BCUT2D eigenvalue weighted by molar-refractivity contribution is 5.86. The van der Waals surface area contributed by atoms with E-state index in [0.29, 0.717) is 0 Å². The van der Waals surface area contributed by atoms with Gasteiger partial charge in [-0.05, 0) is 24.6 Å². The van der Waals surface area contributed by atoms with Crippen LogP contribution in [0.5, 0.6) is 0 Å². The lowest BCUT2D eigenvalue weighted by molar-refractivity contribution is -0.139. The molecule has 0 aliphatic heterocycles. The minimum Gasteiger partial charge on any atom is -0.481 e. The number of hydrogen-bond acceptors (Lipinski definition) is 4. The number of nitrogens with one attached hydrogen (secondary N) is 1. The highest BCUT2D eigenvalue weighted by Crippen LogP contribution is 2.10. The third-order valence-corrected chi connectivity index (χ3v) is 2.30. The number of nitrogens with two attached hydrogens (primary N) is 1. The van der Waals surface area contributed by atoms with E-state index in [2.05, 4.69) is 10.3 Å². The van der Waals surface area contributed by atoms with Crippen LogP contribution in [0.1, 0.15) is 24.9 Å². The molecule has 6 heteroatoms. The lowest BCUT2D eigenvalue weighted by Gasteiger charge is -2.16. The fourth-order valence-corrected chi connectivity index (χ4v) is 1.34. The maximum Gasteiger partial charge on any atom is 0.305 e. The number of aromatic nitrogens is 1.